The molecule has 2 aromatic heterocycles. The number of pyridine rings is 1. The van der Waals surface area contributed by atoms with E-state index in [4.69, 9.17) is 4.98 Å². The number of aromatic nitrogens is 3. The Kier molecular flexibility index (Phi) is 4.39. The smallest absolute Gasteiger partial charge is 0.0893 e. The summed E-state index contributed by atoms with van der Waals surface area (Å²) in [6, 6.07) is 17.0. The summed E-state index contributed by atoms with van der Waals surface area (Å²) >= 11 is 0. The van der Waals surface area contributed by atoms with Crippen molar-refractivity contribution in [2.45, 2.75) is 45.4 Å². The van der Waals surface area contributed by atoms with Gasteiger partial charge in [-0.15, -0.1) is 0 Å². The molecule has 0 aliphatic heterocycles. The van der Waals surface area contributed by atoms with Gasteiger partial charge < -0.3 is 0 Å². The van der Waals surface area contributed by atoms with Crippen molar-refractivity contribution in [1.29, 1.82) is 0 Å². The maximum Gasteiger partial charge on any atom is 0.0893 e. The average molecular weight is 355 g/mol. The standard InChI is InChI=1S/C24H25N3/c1-16(17-7-9-21-18(13-17)6-5-11-25-21)12-20-15-26-22-10-8-19(24(2,3)4)14-23(22)27-20/h5-11,13-16H,12H2,1-4H3. The van der Waals surface area contributed by atoms with Crippen molar-refractivity contribution in [3.8, 4) is 0 Å². The van der Waals surface area contributed by atoms with E-state index < -0.39 is 0 Å². The molecule has 0 radical (unpaired) electrons. The van der Waals surface area contributed by atoms with Crippen molar-refractivity contribution in [2.24, 2.45) is 0 Å². The molecule has 0 saturated carbocycles. The minimum absolute atomic E-state index is 0.109. The summed E-state index contributed by atoms with van der Waals surface area (Å²) in [5.41, 5.74) is 6.71. The summed E-state index contributed by atoms with van der Waals surface area (Å²) in [6.45, 7) is 8.92. The second kappa shape index (κ2) is 6.73. The van der Waals surface area contributed by atoms with Gasteiger partial charge in [-0.05, 0) is 59.2 Å². The topological polar surface area (TPSA) is 38.7 Å². The molecule has 2 aromatic carbocycles. The zero-order chi connectivity index (χ0) is 19.0. The van der Waals surface area contributed by atoms with E-state index in [0.29, 0.717) is 5.92 Å². The van der Waals surface area contributed by atoms with Crippen LogP contribution in [0.5, 0.6) is 0 Å². The third-order valence-corrected chi connectivity index (χ3v) is 5.17. The minimum Gasteiger partial charge on any atom is -0.256 e. The molecule has 0 aliphatic carbocycles. The fraction of sp³-hybridized carbons (Fsp3) is 0.292. The molecule has 0 amide bonds. The Morgan fingerprint density at radius 1 is 0.889 bits per heavy atom. The molecule has 2 heterocycles. The van der Waals surface area contributed by atoms with E-state index in [1.54, 1.807) is 0 Å². The van der Waals surface area contributed by atoms with Gasteiger partial charge in [-0.3, -0.25) is 9.97 Å². The van der Waals surface area contributed by atoms with Crippen LogP contribution in [0.25, 0.3) is 21.9 Å². The summed E-state index contributed by atoms with van der Waals surface area (Å²) in [5.74, 6) is 0.368. The fourth-order valence-electron chi connectivity index (χ4n) is 3.45. The predicted octanol–water partition coefficient (Wildman–Crippen LogP) is 5.82. The van der Waals surface area contributed by atoms with E-state index in [1.807, 2.05) is 18.5 Å². The molecule has 0 N–H and O–H groups in total. The van der Waals surface area contributed by atoms with E-state index >= 15 is 0 Å². The van der Waals surface area contributed by atoms with Crippen LogP contribution in [0.2, 0.25) is 0 Å². The van der Waals surface area contributed by atoms with E-state index in [0.717, 1.165) is 28.7 Å². The van der Waals surface area contributed by atoms with E-state index in [9.17, 15) is 0 Å². The third-order valence-electron chi connectivity index (χ3n) is 5.17. The molecule has 4 aromatic rings. The van der Waals surface area contributed by atoms with Crippen LogP contribution in [-0.2, 0) is 11.8 Å². The lowest BCUT2D eigenvalue weighted by Gasteiger charge is -2.19. The molecule has 0 aliphatic rings. The van der Waals surface area contributed by atoms with Crippen molar-refractivity contribution in [2.75, 3.05) is 0 Å². The average Bonchev–Trinajstić information content (AvgIpc) is 2.66. The summed E-state index contributed by atoms with van der Waals surface area (Å²) in [5, 5.41) is 1.18. The van der Waals surface area contributed by atoms with Crippen LogP contribution in [0, 0.1) is 0 Å². The highest BCUT2D eigenvalue weighted by Crippen LogP contribution is 2.26. The molecule has 0 spiro atoms. The third kappa shape index (κ3) is 3.68. The number of hydrogen-bond acceptors (Lipinski definition) is 3. The maximum atomic E-state index is 4.90. The Morgan fingerprint density at radius 3 is 2.52 bits per heavy atom. The van der Waals surface area contributed by atoms with Gasteiger partial charge in [-0.1, -0.05) is 45.9 Å². The van der Waals surface area contributed by atoms with Gasteiger partial charge in [0.1, 0.15) is 0 Å². The molecule has 27 heavy (non-hydrogen) atoms. The Labute approximate surface area is 160 Å². The Hall–Kier alpha value is -2.81. The van der Waals surface area contributed by atoms with Crippen LogP contribution in [-0.4, -0.2) is 15.0 Å². The molecule has 0 fully saturated rings. The van der Waals surface area contributed by atoms with E-state index in [1.165, 1.54) is 16.5 Å². The molecule has 3 nitrogen and oxygen atoms in total. The lowest BCUT2D eigenvalue weighted by molar-refractivity contribution is 0.591. The minimum atomic E-state index is 0.109. The van der Waals surface area contributed by atoms with Gasteiger partial charge in [0.25, 0.3) is 0 Å². The summed E-state index contributed by atoms with van der Waals surface area (Å²) in [4.78, 5) is 13.9. The fourth-order valence-corrected chi connectivity index (χ4v) is 3.45. The van der Waals surface area contributed by atoms with Crippen molar-refractivity contribution in [3.63, 3.8) is 0 Å². The first-order valence-corrected chi connectivity index (χ1v) is 9.51. The highest BCUT2D eigenvalue weighted by molar-refractivity contribution is 5.79. The summed E-state index contributed by atoms with van der Waals surface area (Å²) in [7, 11) is 0. The van der Waals surface area contributed by atoms with Crippen molar-refractivity contribution < 1.29 is 0 Å². The first-order chi connectivity index (χ1) is 12.9. The predicted molar refractivity (Wildman–Crippen MR) is 112 cm³/mol. The van der Waals surface area contributed by atoms with E-state index in [-0.39, 0.29) is 5.41 Å². The number of nitrogens with zero attached hydrogens (tertiary/aromatic N) is 3. The van der Waals surface area contributed by atoms with Crippen LogP contribution in [0.4, 0.5) is 0 Å². The van der Waals surface area contributed by atoms with Gasteiger partial charge in [0.2, 0.25) is 0 Å². The highest BCUT2D eigenvalue weighted by atomic mass is 14.8. The van der Waals surface area contributed by atoms with Gasteiger partial charge in [-0.25, -0.2) is 4.98 Å². The largest absolute Gasteiger partial charge is 0.256 e. The summed E-state index contributed by atoms with van der Waals surface area (Å²) < 4.78 is 0. The molecule has 4 rings (SSSR count). The van der Waals surface area contributed by atoms with Crippen LogP contribution in [0.1, 0.15) is 50.4 Å². The normalized spacial score (nSPS) is 13.2. The van der Waals surface area contributed by atoms with Crippen molar-refractivity contribution >= 4 is 21.9 Å². The van der Waals surface area contributed by atoms with E-state index in [2.05, 4.69) is 80.1 Å². The van der Waals surface area contributed by atoms with Gasteiger partial charge in [0, 0.05) is 17.8 Å². The molecule has 0 bridgehead atoms. The Bertz CT molecular complexity index is 1110. The van der Waals surface area contributed by atoms with Gasteiger partial charge >= 0.3 is 0 Å². The van der Waals surface area contributed by atoms with Gasteiger partial charge in [0.15, 0.2) is 0 Å². The van der Waals surface area contributed by atoms with Crippen LogP contribution < -0.4 is 0 Å². The quantitative estimate of drug-likeness (QED) is 0.465. The highest BCUT2D eigenvalue weighted by Gasteiger charge is 2.15. The van der Waals surface area contributed by atoms with Gasteiger partial charge in [0.05, 0.1) is 22.2 Å². The molecule has 1 unspecified atom stereocenters. The van der Waals surface area contributed by atoms with Crippen LogP contribution in [0.3, 0.4) is 0 Å². The number of rotatable bonds is 3. The monoisotopic (exact) mass is 355 g/mol. The molecular weight excluding hydrogens is 330 g/mol. The zero-order valence-corrected chi connectivity index (χ0v) is 16.4. The molecule has 136 valence electrons. The maximum absolute atomic E-state index is 4.90. The van der Waals surface area contributed by atoms with Crippen LogP contribution >= 0.6 is 0 Å². The van der Waals surface area contributed by atoms with Crippen molar-refractivity contribution in [3.05, 3.63) is 77.7 Å². The number of hydrogen-bond donors (Lipinski definition) is 0. The molecule has 1 atom stereocenters. The SMILES string of the molecule is CC(Cc1cnc2ccc(C(C)(C)C)cc2n1)c1ccc2ncccc2c1. The van der Waals surface area contributed by atoms with Crippen molar-refractivity contribution in [1.82, 2.24) is 15.0 Å². The summed E-state index contributed by atoms with van der Waals surface area (Å²) in [6.07, 6.45) is 4.62. The molecular formula is C24H25N3. The molecule has 0 saturated heterocycles. The molecule has 3 heteroatoms. The second-order valence-electron chi connectivity index (χ2n) is 8.38. The van der Waals surface area contributed by atoms with Gasteiger partial charge in [-0.2, -0.15) is 0 Å². The van der Waals surface area contributed by atoms with Crippen LogP contribution in [0.15, 0.2) is 60.9 Å². The first-order valence-electron chi connectivity index (χ1n) is 9.51. The number of benzene rings is 2. The first kappa shape index (κ1) is 17.6. The second-order valence-corrected chi connectivity index (χ2v) is 8.38. The lowest BCUT2D eigenvalue weighted by Crippen LogP contribution is -2.11. The Balaban J connectivity index is 1.63. The Morgan fingerprint density at radius 2 is 1.70 bits per heavy atom. The lowest BCUT2D eigenvalue weighted by atomic mass is 9.87. The number of fused-ring (bicyclic) bond motifs is 2. The zero-order valence-electron chi connectivity index (χ0n) is 16.4.